The molecule has 0 saturated heterocycles. The fourth-order valence-electron chi connectivity index (χ4n) is 4.23. The Balaban J connectivity index is 2.18. The fourth-order valence-corrected chi connectivity index (χ4v) is 4.23. The first-order valence-corrected chi connectivity index (χ1v) is 9.12. The number of ether oxygens (including phenoxy) is 1. The Kier molecular flexibility index (Phi) is 5.35. The number of hydrogen-bond acceptors (Lipinski definition) is 6. The van der Waals surface area contributed by atoms with Gasteiger partial charge in [0, 0.05) is 24.9 Å². The summed E-state index contributed by atoms with van der Waals surface area (Å²) in [5, 5.41) is 37.9. The summed E-state index contributed by atoms with van der Waals surface area (Å²) in [7, 11) is 0. The molecule has 8 heteroatoms. The molecule has 1 heterocycles. The van der Waals surface area contributed by atoms with Crippen molar-refractivity contribution in [3.8, 4) is 18.2 Å². The molecule has 0 radical (unpaired) electrons. The van der Waals surface area contributed by atoms with Crippen molar-refractivity contribution in [1.82, 2.24) is 4.90 Å². The number of halogens is 1. The van der Waals surface area contributed by atoms with Gasteiger partial charge in [-0.25, -0.2) is 9.18 Å². The van der Waals surface area contributed by atoms with Gasteiger partial charge in [-0.1, -0.05) is 18.2 Å². The summed E-state index contributed by atoms with van der Waals surface area (Å²) in [4.78, 5) is 13.7. The number of carbonyl (C=O) groups is 1. The van der Waals surface area contributed by atoms with E-state index in [1.54, 1.807) is 19.1 Å². The number of nitriles is 3. The minimum atomic E-state index is -1.88. The summed E-state index contributed by atoms with van der Waals surface area (Å²) in [6, 6.07) is 11.6. The van der Waals surface area contributed by atoms with Crippen LogP contribution < -0.4 is 0 Å². The molecule has 1 aliphatic heterocycles. The number of rotatable bonds is 2. The first-order valence-electron chi connectivity index (χ1n) is 9.12. The van der Waals surface area contributed by atoms with Gasteiger partial charge in [0.05, 0.1) is 36.4 Å². The van der Waals surface area contributed by atoms with Crippen LogP contribution in [-0.2, 0) is 4.74 Å². The van der Waals surface area contributed by atoms with Gasteiger partial charge in [0.15, 0.2) is 0 Å². The van der Waals surface area contributed by atoms with E-state index in [1.807, 2.05) is 18.2 Å². The van der Waals surface area contributed by atoms with Crippen molar-refractivity contribution in [1.29, 1.82) is 21.2 Å². The molecule has 146 valence electrons. The molecule has 0 spiro atoms. The van der Waals surface area contributed by atoms with Crippen molar-refractivity contribution >= 4 is 11.8 Å². The molecule has 0 unspecified atom stereocenters. The number of benzene rings is 1. The van der Waals surface area contributed by atoms with Crippen LogP contribution in [0.5, 0.6) is 0 Å². The molecule has 2 aliphatic rings. The van der Waals surface area contributed by atoms with Crippen LogP contribution >= 0.6 is 0 Å². The molecule has 29 heavy (non-hydrogen) atoms. The number of nitrogens with one attached hydrogen (secondary N) is 1. The summed E-state index contributed by atoms with van der Waals surface area (Å²) >= 11 is 0. The van der Waals surface area contributed by atoms with Crippen molar-refractivity contribution in [3.05, 3.63) is 47.3 Å². The van der Waals surface area contributed by atoms with Crippen LogP contribution in [0.2, 0.25) is 0 Å². The minimum Gasteiger partial charge on any atom is -0.450 e. The van der Waals surface area contributed by atoms with Gasteiger partial charge in [0.1, 0.15) is 5.82 Å². The number of hydrogen-bond donors (Lipinski definition) is 1. The predicted octanol–water partition coefficient (Wildman–Crippen LogP) is 3.13. The lowest BCUT2D eigenvalue weighted by atomic mass is 9.55. The van der Waals surface area contributed by atoms with E-state index in [2.05, 4.69) is 0 Å². The summed E-state index contributed by atoms with van der Waals surface area (Å²) in [5.74, 6) is -2.89. The lowest BCUT2D eigenvalue weighted by Crippen LogP contribution is -2.53. The van der Waals surface area contributed by atoms with E-state index >= 15 is 0 Å². The van der Waals surface area contributed by atoms with Crippen LogP contribution in [0, 0.1) is 62.5 Å². The summed E-state index contributed by atoms with van der Waals surface area (Å²) in [6.07, 6.45) is 1.04. The zero-order valence-corrected chi connectivity index (χ0v) is 15.7. The molecule has 3 rings (SSSR count). The Bertz CT molecular complexity index is 999. The first-order chi connectivity index (χ1) is 13.9. The molecule has 3 atom stereocenters. The third-order valence-electron chi connectivity index (χ3n) is 5.52. The lowest BCUT2D eigenvalue weighted by Gasteiger charge is -2.47. The summed E-state index contributed by atoms with van der Waals surface area (Å²) in [5.41, 5.74) is -1.33. The monoisotopic (exact) mass is 391 g/mol. The number of nitrogens with zero attached hydrogens (tertiary/aromatic N) is 4. The van der Waals surface area contributed by atoms with Gasteiger partial charge < -0.3 is 15.0 Å². The van der Waals surface area contributed by atoms with E-state index in [9.17, 15) is 25.0 Å². The van der Waals surface area contributed by atoms with Crippen molar-refractivity contribution < 1.29 is 13.9 Å². The van der Waals surface area contributed by atoms with Crippen LogP contribution in [0.15, 0.2) is 35.9 Å². The van der Waals surface area contributed by atoms with Crippen molar-refractivity contribution in [2.75, 3.05) is 19.7 Å². The van der Waals surface area contributed by atoms with E-state index < -0.39 is 35.1 Å². The van der Waals surface area contributed by atoms with Crippen molar-refractivity contribution in [2.45, 2.75) is 12.8 Å². The normalized spacial score (nSPS) is 24.9. The largest absolute Gasteiger partial charge is 0.450 e. The van der Waals surface area contributed by atoms with Crippen LogP contribution in [0.25, 0.3) is 0 Å². The average Bonchev–Trinajstić information content (AvgIpc) is 2.73. The van der Waals surface area contributed by atoms with Crippen LogP contribution in [0.1, 0.15) is 18.4 Å². The zero-order valence-electron chi connectivity index (χ0n) is 15.7. The Morgan fingerprint density at radius 1 is 1.38 bits per heavy atom. The van der Waals surface area contributed by atoms with E-state index in [0.29, 0.717) is 11.1 Å². The molecule has 1 N–H and O–H groups in total. The number of carbonyl (C=O) groups excluding carboxylic acids is 1. The van der Waals surface area contributed by atoms with E-state index in [-0.39, 0.29) is 25.4 Å². The third-order valence-corrected chi connectivity index (χ3v) is 5.52. The topological polar surface area (TPSA) is 125 Å². The molecule has 7 nitrogen and oxygen atoms in total. The number of fused-ring (bicyclic) bond motifs is 1. The van der Waals surface area contributed by atoms with Gasteiger partial charge in [-0.15, -0.1) is 0 Å². The average molecular weight is 391 g/mol. The highest BCUT2D eigenvalue weighted by atomic mass is 19.1. The van der Waals surface area contributed by atoms with Gasteiger partial charge >= 0.3 is 6.09 Å². The van der Waals surface area contributed by atoms with E-state index in [4.69, 9.17) is 10.1 Å². The number of amides is 1. The Morgan fingerprint density at radius 2 is 2.10 bits per heavy atom. The highest BCUT2D eigenvalue weighted by Crippen LogP contribution is 2.52. The Labute approximate surface area is 167 Å². The second kappa shape index (κ2) is 7.73. The lowest BCUT2D eigenvalue weighted by molar-refractivity contribution is 0.0998. The van der Waals surface area contributed by atoms with Crippen molar-refractivity contribution in [3.63, 3.8) is 0 Å². The van der Waals surface area contributed by atoms with Gasteiger partial charge in [0.25, 0.3) is 0 Å². The molecular formula is C21H18FN5O2. The van der Waals surface area contributed by atoms with Crippen LogP contribution in [0.4, 0.5) is 9.18 Å². The standard InChI is InChI=1S/C21H18FN5O2/c1-2-29-20(28)27-7-6-17-16(10-27)18(13-4-3-5-14(22)8-13)15(9-23)19(26)21(17,11-24)12-25/h3-6,8,15-16,18,26H,2,7,10H2,1H3/t15-,16-,18+/m1/s1. The molecule has 1 saturated carbocycles. The second-order valence-electron chi connectivity index (χ2n) is 6.94. The van der Waals surface area contributed by atoms with Gasteiger partial charge in [-0.3, -0.25) is 0 Å². The molecule has 1 aromatic rings. The molecule has 1 fully saturated rings. The summed E-state index contributed by atoms with van der Waals surface area (Å²) < 4.78 is 19.0. The highest BCUT2D eigenvalue weighted by Gasteiger charge is 2.56. The first kappa shape index (κ1) is 20.0. The van der Waals surface area contributed by atoms with Crippen molar-refractivity contribution in [2.24, 2.45) is 17.3 Å². The Hall–Kier alpha value is -3.70. The smallest absolute Gasteiger partial charge is 0.410 e. The zero-order chi connectivity index (χ0) is 21.2. The molecule has 1 aromatic carbocycles. The molecular weight excluding hydrogens is 373 g/mol. The van der Waals surface area contributed by atoms with Gasteiger partial charge in [-0.2, -0.15) is 15.8 Å². The van der Waals surface area contributed by atoms with E-state index in [0.717, 1.165) is 0 Å². The summed E-state index contributed by atoms with van der Waals surface area (Å²) in [6.45, 7) is 2.09. The SMILES string of the molecule is CCOC(=O)N1CC=C2[C@@H](C1)[C@@H](c1cccc(F)c1)[C@@H](C#N)C(=N)C2(C#N)C#N. The van der Waals surface area contributed by atoms with Gasteiger partial charge in [-0.05, 0) is 30.2 Å². The molecule has 1 aliphatic carbocycles. The maximum atomic E-state index is 13.9. The van der Waals surface area contributed by atoms with Crippen LogP contribution in [-0.4, -0.2) is 36.4 Å². The molecule has 0 bridgehead atoms. The van der Waals surface area contributed by atoms with Crippen LogP contribution in [0.3, 0.4) is 0 Å². The molecule has 1 amide bonds. The maximum Gasteiger partial charge on any atom is 0.410 e. The maximum absolute atomic E-state index is 13.9. The second-order valence-corrected chi connectivity index (χ2v) is 6.94. The highest BCUT2D eigenvalue weighted by molar-refractivity contribution is 6.01. The molecule has 0 aromatic heterocycles. The fraction of sp³-hybridized carbons (Fsp3) is 0.381. The Morgan fingerprint density at radius 3 is 2.69 bits per heavy atom. The predicted molar refractivity (Wildman–Crippen MR) is 99.8 cm³/mol. The minimum absolute atomic E-state index is 0.0996. The quantitative estimate of drug-likeness (QED) is 0.775. The van der Waals surface area contributed by atoms with E-state index in [1.165, 1.54) is 23.1 Å². The third kappa shape index (κ3) is 3.11. The van der Waals surface area contributed by atoms with Gasteiger partial charge in [0.2, 0.25) is 5.41 Å².